The molecule has 0 aliphatic carbocycles. The number of benzene rings is 1. The quantitative estimate of drug-likeness (QED) is 0.855. The second-order valence-corrected chi connectivity index (χ2v) is 5.90. The highest BCUT2D eigenvalue weighted by Crippen LogP contribution is 2.42. The summed E-state index contributed by atoms with van der Waals surface area (Å²) in [5, 5.41) is 3.39. The first kappa shape index (κ1) is 13.9. The Balaban J connectivity index is 2.04. The molecule has 3 aliphatic heterocycles. The molecule has 110 valence electrons. The Morgan fingerprint density at radius 3 is 2.30 bits per heavy atom. The van der Waals surface area contributed by atoms with Crippen molar-refractivity contribution in [3.05, 3.63) is 34.4 Å². The predicted molar refractivity (Wildman–Crippen MR) is 69.6 cm³/mol. The van der Waals surface area contributed by atoms with Crippen LogP contribution in [0.5, 0.6) is 0 Å². The molecule has 3 aliphatic rings. The van der Waals surface area contributed by atoms with Crippen molar-refractivity contribution in [1.29, 1.82) is 0 Å². The smallest absolute Gasteiger partial charge is 0.367 e. The van der Waals surface area contributed by atoms with E-state index in [2.05, 4.69) is 5.32 Å². The lowest BCUT2D eigenvalue weighted by molar-refractivity contribution is -0.139. The maximum Gasteiger partial charge on any atom is 0.416 e. The van der Waals surface area contributed by atoms with Crippen LogP contribution in [0, 0.1) is 13.8 Å². The van der Waals surface area contributed by atoms with Crippen LogP contribution in [0.15, 0.2) is 12.1 Å². The Morgan fingerprint density at radius 1 is 1.25 bits per heavy atom. The first-order valence-corrected chi connectivity index (χ1v) is 6.88. The molecule has 0 saturated carbocycles. The highest BCUT2D eigenvalue weighted by Gasteiger charge is 2.44. The maximum atomic E-state index is 13.0. The third-order valence-electron chi connectivity index (χ3n) is 4.48. The minimum absolute atomic E-state index is 0.276. The molecule has 2 atom stereocenters. The summed E-state index contributed by atoms with van der Waals surface area (Å²) in [7, 11) is 0. The zero-order valence-corrected chi connectivity index (χ0v) is 11.6. The lowest BCUT2D eigenvalue weighted by Crippen LogP contribution is -2.58. The fraction of sp³-hybridized carbons (Fsp3) is 0.600. The van der Waals surface area contributed by atoms with Gasteiger partial charge in [0.1, 0.15) is 5.60 Å². The minimum Gasteiger partial charge on any atom is -0.367 e. The van der Waals surface area contributed by atoms with Crippen LogP contribution in [0.3, 0.4) is 0 Å². The summed E-state index contributed by atoms with van der Waals surface area (Å²) >= 11 is 0. The zero-order valence-electron chi connectivity index (χ0n) is 11.6. The van der Waals surface area contributed by atoms with Gasteiger partial charge in [-0.1, -0.05) is 12.1 Å². The van der Waals surface area contributed by atoms with Crippen LogP contribution in [0.25, 0.3) is 0 Å². The van der Waals surface area contributed by atoms with Gasteiger partial charge in [-0.2, -0.15) is 13.2 Å². The van der Waals surface area contributed by atoms with Crippen LogP contribution in [0.2, 0.25) is 0 Å². The van der Waals surface area contributed by atoms with Crippen LogP contribution in [0.4, 0.5) is 13.2 Å². The van der Waals surface area contributed by atoms with E-state index in [1.165, 1.54) is 13.8 Å². The van der Waals surface area contributed by atoms with Gasteiger partial charge in [-0.05, 0) is 43.4 Å². The van der Waals surface area contributed by atoms with Crippen molar-refractivity contribution in [2.45, 2.75) is 44.5 Å². The highest BCUT2D eigenvalue weighted by atomic mass is 19.4. The van der Waals surface area contributed by atoms with E-state index in [9.17, 15) is 13.2 Å². The number of rotatable bonds is 1. The van der Waals surface area contributed by atoms with Gasteiger partial charge in [0.15, 0.2) is 0 Å². The number of aryl methyl sites for hydroxylation is 2. The number of halogens is 3. The molecule has 0 aromatic heterocycles. The third kappa shape index (κ3) is 2.13. The van der Waals surface area contributed by atoms with E-state index in [4.69, 9.17) is 4.74 Å². The zero-order chi connectivity index (χ0) is 14.5. The molecule has 3 fully saturated rings. The summed E-state index contributed by atoms with van der Waals surface area (Å²) in [6, 6.07) is 3.68. The standard InChI is InChI=1S/C15H18F3NO/c1-9-5-11(6-10(2)13(9)15(16,17)18)14-4-3-12(7-20-14)19-8-14/h5-6,12,19H,3-4,7-8H2,1-2H3. The van der Waals surface area contributed by atoms with Gasteiger partial charge in [0.05, 0.1) is 12.2 Å². The Morgan fingerprint density at radius 2 is 1.90 bits per heavy atom. The van der Waals surface area contributed by atoms with Crippen molar-refractivity contribution >= 4 is 0 Å². The minimum atomic E-state index is -4.30. The third-order valence-corrected chi connectivity index (χ3v) is 4.48. The van der Waals surface area contributed by atoms with Crippen molar-refractivity contribution in [2.75, 3.05) is 13.2 Å². The molecule has 5 heteroatoms. The van der Waals surface area contributed by atoms with Crippen molar-refractivity contribution in [1.82, 2.24) is 5.32 Å². The molecule has 2 bridgehead atoms. The Hall–Kier alpha value is -1.07. The number of fused-ring (bicyclic) bond motifs is 3. The van der Waals surface area contributed by atoms with Crippen molar-refractivity contribution in [2.24, 2.45) is 0 Å². The number of morpholine rings is 1. The lowest BCUT2D eigenvalue weighted by Gasteiger charge is -2.47. The van der Waals surface area contributed by atoms with Crippen LogP contribution < -0.4 is 5.32 Å². The summed E-state index contributed by atoms with van der Waals surface area (Å²) in [6.07, 6.45) is -2.41. The molecule has 2 unspecified atom stereocenters. The van der Waals surface area contributed by atoms with Crippen molar-refractivity contribution in [3.63, 3.8) is 0 Å². The molecule has 2 nitrogen and oxygen atoms in total. The van der Waals surface area contributed by atoms with Gasteiger partial charge in [0.2, 0.25) is 0 Å². The number of piperidine rings is 1. The van der Waals surface area contributed by atoms with Gasteiger partial charge in [-0.3, -0.25) is 0 Å². The second kappa shape index (κ2) is 4.46. The molecule has 3 saturated heterocycles. The molecule has 4 rings (SSSR count). The Labute approximate surface area is 116 Å². The topological polar surface area (TPSA) is 21.3 Å². The van der Waals surface area contributed by atoms with E-state index in [1.54, 1.807) is 12.1 Å². The highest BCUT2D eigenvalue weighted by molar-refractivity contribution is 5.42. The summed E-state index contributed by atoms with van der Waals surface area (Å²) in [4.78, 5) is 0. The lowest BCUT2D eigenvalue weighted by atomic mass is 9.80. The molecule has 0 amide bonds. The van der Waals surface area contributed by atoms with Gasteiger partial charge >= 0.3 is 6.18 Å². The molecular weight excluding hydrogens is 267 g/mol. The van der Waals surface area contributed by atoms with Crippen LogP contribution in [-0.4, -0.2) is 19.2 Å². The molecule has 1 N–H and O–H groups in total. The molecule has 1 aromatic rings. The van der Waals surface area contributed by atoms with Crippen molar-refractivity contribution < 1.29 is 17.9 Å². The molecular formula is C15H18F3NO. The Bertz CT molecular complexity index is 494. The fourth-order valence-electron chi connectivity index (χ4n) is 3.44. The normalized spacial score (nSPS) is 29.8. The summed E-state index contributed by atoms with van der Waals surface area (Å²) < 4.78 is 45.0. The van der Waals surface area contributed by atoms with Gasteiger partial charge in [0, 0.05) is 12.6 Å². The number of nitrogens with one attached hydrogen (secondary N) is 1. The molecule has 20 heavy (non-hydrogen) atoms. The van der Waals surface area contributed by atoms with Crippen molar-refractivity contribution in [3.8, 4) is 0 Å². The number of ether oxygens (including phenoxy) is 1. The average molecular weight is 285 g/mol. The first-order valence-electron chi connectivity index (χ1n) is 6.88. The van der Waals surface area contributed by atoms with Crippen LogP contribution >= 0.6 is 0 Å². The average Bonchev–Trinajstić information content (AvgIpc) is 2.38. The number of alkyl halides is 3. The summed E-state index contributed by atoms with van der Waals surface area (Å²) in [6.45, 7) is 4.37. The molecule has 0 spiro atoms. The van der Waals surface area contributed by atoms with E-state index < -0.39 is 17.3 Å². The van der Waals surface area contributed by atoms with Gasteiger partial charge in [-0.25, -0.2) is 0 Å². The van der Waals surface area contributed by atoms with Crippen LogP contribution in [0.1, 0.15) is 35.1 Å². The predicted octanol–water partition coefficient (Wildman–Crippen LogP) is 3.30. The molecule has 0 radical (unpaired) electrons. The second-order valence-electron chi connectivity index (χ2n) is 5.90. The van der Waals surface area contributed by atoms with Gasteiger partial charge in [0.25, 0.3) is 0 Å². The largest absolute Gasteiger partial charge is 0.416 e. The molecule has 1 aromatic carbocycles. The SMILES string of the molecule is Cc1cc(C23CCC(CO2)NC3)cc(C)c1C(F)(F)F. The van der Waals surface area contributed by atoms with Gasteiger partial charge in [-0.15, -0.1) is 0 Å². The van der Waals surface area contributed by atoms with E-state index in [-0.39, 0.29) is 11.1 Å². The van der Waals surface area contributed by atoms with Gasteiger partial charge < -0.3 is 10.1 Å². The van der Waals surface area contributed by atoms with E-state index in [1.807, 2.05) is 0 Å². The van der Waals surface area contributed by atoms with Crippen LogP contribution in [-0.2, 0) is 16.5 Å². The number of hydrogen-bond donors (Lipinski definition) is 1. The maximum absolute atomic E-state index is 13.0. The summed E-state index contributed by atoms with van der Waals surface area (Å²) in [5.41, 5.74) is 0.451. The van der Waals surface area contributed by atoms with E-state index >= 15 is 0 Å². The monoisotopic (exact) mass is 285 g/mol. The molecule has 3 heterocycles. The number of hydrogen-bond acceptors (Lipinski definition) is 2. The van der Waals surface area contributed by atoms with E-state index in [0.717, 1.165) is 18.4 Å². The summed E-state index contributed by atoms with van der Waals surface area (Å²) in [5.74, 6) is 0. The van der Waals surface area contributed by atoms with E-state index in [0.29, 0.717) is 19.2 Å². The first-order chi connectivity index (χ1) is 9.32. The Kier molecular flexibility index (Phi) is 3.10. The fourth-order valence-corrected chi connectivity index (χ4v) is 3.44.